The molecule has 0 heterocycles. The molecule has 0 aromatic heterocycles. The number of hydrogen-bond acceptors (Lipinski definition) is 3. The van der Waals surface area contributed by atoms with E-state index >= 15 is 0 Å². The monoisotopic (exact) mass is 597 g/mol. The van der Waals surface area contributed by atoms with Crippen molar-refractivity contribution in [1.29, 1.82) is 0 Å². The topological polar surface area (TPSA) is 29.5 Å². The molecule has 240 valence electrons. The smallest absolute Gasteiger partial charge is 0.337 e. The summed E-state index contributed by atoms with van der Waals surface area (Å²) in [6.45, 7) is 20.2. The van der Waals surface area contributed by atoms with Gasteiger partial charge in [-0.15, -0.1) is 0 Å². The minimum Gasteiger partial charge on any atom is -0.465 e. The number of benzene rings is 1. The highest BCUT2D eigenvalue weighted by Crippen LogP contribution is 2.77. The Kier molecular flexibility index (Phi) is 7.04. The van der Waals surface area contributed by atoms with E-state index in [1.54, 1.807) is 0 Å². The lowest BCUT2D eigenvalue weighted by Gasteiger charge is -2.73. The summed E-state index contributed by atoms with van der Waals surface area (Å²) < 4.78 is 4.96. The highest BCUT2D eigenvalue weighted by atomic mass is 16.5. The van der Waals surface area contributed by atoms with E-state index in [2.05, 4.69) is 78.3 Å². The summed E-state index contributed by atoms with van der Waals surface area (Å²) in [6, 6.07) is 9.00. The zero-order valence-corrected chi connectivity index (χ0v) is 29.1. The Morgan fingerprint density at radius 1 is 0.864 bits per heavy atom. The van der Waals surface area contributed by atoms with E-state index in [0.717, 1.165) is 23.8 Å². The van der Waals surface area contributed by atoms with Crippen molar-refractivity contribution in [3.05, 3.63) is 53.6 Å². The van der Waals surface area contributed by atoms with Gasteiger partial charge in [0, 0.05) is 11.6 Å². The quantitative estimate of drug-likeness (QED) is 0.250. The Hall–Kier alpha value is -1.87. The fraction of sp³-hybridized carbons (Fsp3) is 0.732. The maximum Gasteiger partial charge on any atom is 0.337 e. The molecule has 1 aromatic rings. The van der Waals surface area contributed by atoms with Crippen LogP contribution < -0.4 is 0 Å². The molecule has 1 aromatic carbocycles. The highest BCUT2D eigenvalue weighted by Gasteiger charge is 2.71. The summed E-state index contributed by atoms with van der Waals surface area (Å²) in [5.41, 5.74) is 6.38. The van der Waals surface area contributed by atoms with Crippen LogP contribution in [0.1, 0.15) is 128 Å². The first-order valence-corrected chi connectivity index (χ1v) is 18.0. The number of carbonyl (C=O) groups excluding carboxylic acids is 1. The van der Waals surface area contributed by atoms with Crippen molar-refractivity contribution in [2.45, 2.75) is 124 Å². The summed E-state index contributed by atoms with van der Waals surface area (Å²) in [4.78, 5) is 15.0. The molecule has 3 nitrogen and oxygen atoms in total. The lowest BCUT2D eigenvalue weighted by molar-refractivity contribution is -0.227. The van der Waals surface area contributed by atoms with E-state index in [0.29, 0.717) is 39.2 Å². The molecule has 6 aliphatic rings. The fourth-order valence-electron chi connectivity index (χ4n) is 13.5. The molecule has 0 amide bonds. The molecule has 44 heavy (non-hydrogen) atoms. The molecular weight excluding hydrogens is 538 g/mol. The standard InChI is InChI=1S/C41H59NO2/c1-26(2)30-18-23-41(42(8)29-14-15-29)25-24-39(6)32(35(30)41)16-17-34-38(5)21-19-31(27-10-12-28(13-11-27)36(43)44-9)37(3,4)33(38)20-22-40(34,39)7/h10-13,19,29-30,32-35H,1,14-18,20-25H2,2-9H3/t30-,32+,33-,34+,35+,38-,39+,40+,41-/m0/s1. The molecule has 0 spiro atoms. The predicted octanol–water partition coefficient (Wildman–Crippen LogP) is 9.97. The third kappa shape index (κ3) is 3.99. The average Bonchev–Trinajstić information content (AvgIpc) is 3.76. The normalized spacial score (nSPS) is 44.1. The number of fused-ring (bicyclic) bond motifs is 7. The SMILES string of the molecule is C=C(C)[C@@H]1CC[C@]2(N(C)C3CC3)CC[C@]3(C)[C@H](CC[C@@H]4[C@@]5(C)CC=C(c6ccc(C(=O)OC)cc6)C(C)(C)[C@@H]5CC[C@]43C)[C@@H]12. The van der Waals surface area contributed by atoms with Gasteiger partial charge in [-0.1, -0.05) is 65.0 Å². The summed E-state index contributed by atoms with van der Waals surface area (Å²) in [5, 5.41) is 0. The number of esters is 1. The lowest BCUT2D eigenvalue weighted by atomic mass is 9.33. The van der Waals surface area contributed by atoms with Crippen LogP contribution in [0.5, 0.6) is 0 Å². The Morgan fingerprint density at radius 2 is 1.57 bits per heavy atom. The first-order valence-electron chi connectivity index (χ1n) is 18.0. The third-order valence-corrected chi connectivity index (χ3v) is 16.0. The first kappa shape index (κ1) is 30.8. The third-order valence-electron chi connectivity index (χ3n) is 16.0. The van der Waals surface area contributed by atoms with Crippen molar-refractivity contribution in [2.75, 3.05) is 14.2 Å². The van der Waals surface area contributed by atoms with Gasteiger partial charge < -0.3 is 4.74 Å². The van der Waals surface area contributed by atoms with Crippen LogP contribution in [0, 0.1) is 51.2 Å². The van der Waals surface area contributed by atoms with Crippen LogP contribution in [0.4, 0.5) is 0 Å². The molecule has 0 radical (unpaired) electrons. The minimum absolute atomic E-state index is 0.0874. The van der Waals surface area contributed by atoms with Gasteiger partial charge in [0.25, 0.3) is 0 Å². The molecular formula is C41H59NO2. The molecule has 0 bridgehead atoms. The molecule has 3 heteroatoms. The zero-order chi connectivity index (χ0) is 31.4. The van der Waals surface area contributed by atoms with Crippen LogP contribution in [0.25, 0.3) is 5.57 Å². The molecule has 7 rings (SSSR count). The van der Waals surface area contributed by atoms with Gasteiger partial charge in [0.15, 0.2) is 0 Å². The summed E-state index contributed by atoms with van der Waals surface area (Å²) >= 11 is 0. The van der Waals surface area contributed by atoms with E-state index in [9.17, 15) is 4.79 Å². The van der Waals surface area contributed by atoms with E-state index in [1.807, 2.05) is 12.1 Å². The van der Waals surface area contributed by atoms with Gasteiger partial charge in [0.05, 0.1) is 12.7 Å². The second-order valence-corrected chi connectivity index (χ2v) is 17.7. The van der Waals surface area contributed by atoms with E-state index in [1.165, 1.54) is 94.4 Å². The number of allylic oxidation sites excluding steroid dienone is 3. The minimum atomic E-state index is -0.261. The van der Waals surface area contributed by atoms with Gasteiger partial charge in [-0.25, -0.2) is 4.79 Å². The van der Waals surface area contributed by atoms with Gasteiger partial charge in [-0.2, -0.15) is 0 Å². The van der Waals surface area contributed by atoms with Crippen molar-refractivity contribution in [1.82, 2.24) is 4.90 Å². The number of carbonyl (C=O) groups is 1. The second-order valence-electron chi connectivity index (χ2n) is 17.7. The highest BCUT2D eigenvalue weighted by molar-refractivity contribution is 5.89. The molecule has 5 saturated carbocycles. The summed E-state index contributed by atoms with van der Waals surface area (Å²) in [7, 11) is 3.96. The van der Waals surface area contributed by atoms with Gasteiger partial charge in [0.1, 0.15) is 0 Å². The Labute approximate surface area is 268 Å². The maximum atomic E-state index is 12.1. The van der Waals surface area contributed by atoms with Gasteiger partial charge in [-0.3, -0.25) is 4.90 Å². The number of hydrogen-bond donors (Lipinski definition) is 0. The summed E-state index contributed by atoms with van der Waals surface area (Å²) in [6.07, 6.45) is 17.6. The molecule has 0 unspecified atom stereocenters. The maximum absolute atomic E-state index is 12.1. The number of methoxy groups -OCH3 is 1. The Bertz CT molecular complexity index is 1370. The molecule has 9 atom stereocenters. The largest absolute Gasteiger partial charge is 0.465 e. The average molecular weight is 598 g/mol. The first-order chi connectivity index (χ1) is 20.7. The van der Waals surface area contributed by atoms with Crippen molar-refractivity contribution in [3.8, 4) is 0 Å². The molecule has 6 aliphatic carbocycles. The fourth-order valence-corrected chi connectivity index (χ4v) is 13.5. The van der Waals surface area contributed by atoms with Crippen LogP contribution >= 0.6 is 0 Å². The molecule has 0 aliphatic heterocycles. The van der Waals surface area contributed by atoms with Crippen LogP contribution in [-0.4, -0.2) is 36.6 Å². The number of rotatable bonds is 5. The van der Waals surface area contributed by atoms with Gasteiger partial charge in [0.2, 0.25) is 0 Å². The number of nitrogens with zero attached hydrogens (tertiary/aromatic N) is 1. The second kappa shape index (κ2) is 10.1. The number of ether oxygens (including phenoxy) is 1. The zero-order valence-electron chi connectivity index (χ0n) is 29.1. The van der Waals surface area contributed by atoms with E-state index < -0.39 is 0 Å². The van der Waals surface area contributed by atoms with Gasteiger partial charge in [-0.05, 0) is 159 Å². The van der Waals surface area contributed by atoms with Crippen molar-refractivity contribution in [2.24, 2.45) is 51.2 Å². The lowest BCUT2D eigenvalue weighted by Crippen LogP contribution is -2.68. The van der Waals surface area contributed by atoms with Crippen molar-refractivity contribution < 1.29 is 9.53 Å². The summed E-state index contributed by atoms with van der Waals surface area (Å²) in [5.74, 6) is 3.42. The van der Waals surface area contributed by atoms with Crippen molar-refractivity contribution >= 4 is 11.5 Å². The van der Waals surface area contributed by atoms with E-state index in [4.69, 9.17) is 4.74 Å². The Balaban J connectivity index is 1.23. The van der Waals surface area contributed by atoms with Crippen LogP contribution in [-0.2, 0) is 4.74 Å². The molecule has 5 fully saturated rings. The van der Waals surface area contributed by atoms with Crippen LogP contribution in [0.15, 0.2) is 42.5 Å². The van der Waals surface area contributed by atoms with Crippen LogP contribution in [0.3, 0.4) is 0 Å². The van der Waals surface area contributed by atoms with Crippen LogP contribution in [0.2, 0.25) is 0 Å². The Morgan fingerprint density at radius 3 is 2.20 bits per heavy atom. The molecule has 0 saturated heterocycles. The van der Waals surface area contributed by atoms with Crippen molar-refractivity contribution in [3.63, 3.8) is 0 Å². The molecule has 0 N–H and O–H groups in total. The predicted molar refractivity (Wildman–Crippen MR) is 181 cm³/mol. The van der Waals surface area contributed by atoms with Gasteiger partial charge >= 0.3 is 5.97 Å². The van der Waals surface area contributed by atoms with E-state index in [-0.39, 0.29) is 11.4 Å².